The molecule has 0 radical (unpaired) electrons. The standard InChI is InChI=1S/C32H35ClFN3O4/c1-18-7-6-10-24(19(18)2)36-30(39)28-32-15-13-25(41-32)26(29(38)35-21-11-12-23(34)22(33)17-21)27(32)31(40)37(28)16-14-20-8-4-3-5-9-20/h3-5,8-9,11-13,15,17-19,24-28H,6-7,10,14,16H2,1-2H3,(H,35,38)(H,36,39)/t18-,19+,24+,25+,26+,27+,28+,32+/m1/s1. The highest BCUT2D eigenvalue weighted by molar-refractivity contribution is 6.31. The van der Waals surface area contributed by atoms with Gasteiger partial charge in [-0.2, -0.15) is 0 Å². The van der Waals surface area contributed by atoms with Gasteiger partial charge in [0.1, 0.15) is 17.5 Å². The summed E-state index contributed by atoms with van der Waals surface area (Å²) in [6, 6.07) is 12.9. The van der Waals surface area contributed by atoms with E-state index in [1.165, 1.54) is 18.2 Å². The fourth-order valence-electron chi connectivity index (χ4n) is 7.25. The van der Waals surface area contributed by atoms with Gasteiger partial charge < -0.3 is 20.3 Å². The van der Waals surface area contributed by atoms with Gasteiger partial charge in [-0.25, -0.2) is 4.39 Å². The highest BCUT2D eigenvalue weighted by Gasteiger charge is 2.72. The number of benzene rings is 2. The first-order valence-electron chi connectivity index (χ1n) is 14.5. The molecule has 1 saturated carbocycles. The smallest absolute Gasteiger partial charge is 0.246 e. The Bertz CT molecular complexity index is 1390. The van der Waals surface area contributed by atoms with Crippen molar-refractivity contribution in [2.45, 2.75) is 63.3 Å². The molecule has 1 spiro atoms. The number of nitrogens with zero attached hydrogens (tertiary/aromatic N) is 1. The predicted octanol–water partition coefficient (Wildman–Crippen LogP) is 4.75. The molecule has 2 N–H and O–H groups in total. The molecule has 7 nitrogen and oxygen atoms in total. The van der Waals surface area contributed by atoms with E-state index in [9.17, 15) is 18.8 Å². The fraction of sp³-hybridized carbons (Fsp3) is 0.469. The van der Waals surface area contributed by atoms with Crippen molar-refractivity contribution in [2.24, 2.45) is 23.7 Å². The Morgan fingerprint density at radius 1 is 1.12 bits per heavy atom. The molecule has 3 aliphatic heterocycles. The molecule has 9 heteroatoms. The molecule has 0 aromatic heterocycles. The number of hydrogen-bond acceptors (Lipinski definition) is 4. The third-order valence-corrected chi connectivity index (χ3v) is 9.92. The molecular formula is C32H35ClFN3O4. The molecule has 2 aromatic carbocycles. The average molecular weight is 580 g/mol. The Kier molecular flexibility index (Phi) is 7.41. The molecule has 3 amide bonds. The van der Waals surface area contributed by atoms with Gasteiger partial charge >= 0.3 is 0 Å². The van der Waals surface area contributed by atoms with E-state index in [4.69, 9.17) is 16.3 Å². The lowest BCUT2D eigenvalue weighted by atomic mass is 9.73. The van der Waals surface area contributed by atoms with E-state index in [0.29, 0.717) is 30.5 Å². The summed E-state index contributed by atoms with van der Waals surface area (Å²) in [5.41, 5.74) is 0.129. The highest BCUT2D eigenvalue weighted by atomic mass is 35.5. The predicted molar refractivity (Wildman–Crippen MR) is 154 cm³/mol. The van der Waals surface area contributed by atoms with Crippen LogP contribution in [0.3, 0.4) is 0 Å². The summed E-state index contributed by atoms with van der Waals surface area (Å²) in [7, 11) is 0. The summed E-state index contributed by atoms with van der Waals surface area (Å²) in [6.45, 7) is 4.70. The Morgan fingerprint density at radius 2 is 1.90 bits per heavy atom. The van der Waals surface area contributed by atoms with Crippen LogP contribution in [-0.2, 0) is 25.5 Å². The van der Waals surface area contributed by atoms with Crippen LogP contribution in [0.4, 0.5) is 10.1 Å². The molecule has 2 saturated heterocycles. The van der Waals surface area contributed by atoms with Crippen molar-refractivity contribution in [3.63, 3.8) is 0 Å². The second-order valence-electron chi connectivity index (χ2n) is 12.0. The number of rotatable bonds is 7. The summed E-state index contributed by atoms with van der Waals surface area (Å²) in [5.74, 6) is -2.43. The summed E-state index contributed by atoms with van der Waals surface area (Å²) < 4.78 is 20.1. The largest absolute Gasteiger partial charge is 0.359 e. The van der Waals surface area contributed by atoms with Gasteiger partial charge in [-0.3, -0.25) is 14.4 Å². The lowest BCUT2D eigenvalue weighted by molar-refractivity contribution is -0.141. The molecule has 41 heavy (non-hydrogen) atoms. The van der Waals surface area contributed by atoms with Gasteiger partial charge in [0.15, 0.2) is 0 Å². The fourth-order valence-corrected chi connectivity index (χ4v) is 7.43. The molecule has 0 unspecified atom stereocenters. The number of anilines is 1. The van der Waals surface area contributed by atoms with E-state index in [1.807, 2.05) is 36.4 Å². The number of carbonyl (C=O) groups excluding carboxylic acids is 3. The van der Waals surface area contributed by atoms with Crippen LogP contribution in [0.15, 0.2) is 60.7 Å². The van der Waals surface area contributed by atoms with Gasteiger partial charge in [-0.15, -0.1) is 0 Å². The molecule has 1 aliphatic carbocycles. The number of fused-ring (bicyclic) bond motifs is 1. The molecular weight excluding hydrogens is 545 g/mol. The van der Waals surface area contributed by atoms with Crippen molar-refractivity contribution in [2.75, 3.05) is 11.9 Å². The Hall–Kier alpha value is -3.23. The van der Waals surface area contributed by atoms with E-state index < -0.39 is 41.3 Å². The van der Waals surface area contributed by atoms with Crippen molar-refractivity contribution in [1.29, 1.82) is 0 Å². The summed E-state index contributed by atoms with van der Waals surface area (Å²) in [6.07, 6.45) is 6.58. The number of nitrogens with one attached hydrogen (secondary N) is 2. The van der Waals surface area contributed by atoms with Crippen LogP contribution in [0.5, 0.6) is 0 Å². The first-order chi connectivity index (χ1) is 19.7. The minimum Gasteiger partial charge on any atom is -0.359 e. The number of amides is 3. The van der Waals surface area contributed by atoms with Crippen LogP contribution in [0.2, 0.25) is 5.02 Å². The second kappa shape index (κ2) is 10.9. The van der Waals surface area contributed by atoms with Crippen molar-refractivity contribution >= 4 is 35.0 Å². The van der Waals surface area contributed by atoms with Crippen LogP contribution < -0.4 is 10.6 Å². The van der Waals surface area contributed by atoms with E-state index in [-0.39, 0.29) is 22.9 Å². The van der Waals surface area contributed by atoms with Gasteiger partial charge in [0, 0.05) is 18.3 Å². The van der Waals surface area contributed by atoms with Crippen LogP contribution in [0.1, 0.15) is 38.7 Å². The quantitative estimate of drug-likeness (QED) is 0.463. The van der Waals surface area contributed by atoms with Crippen molar-refractivity contribution in [1.82, 2.24) is 10.2 Å². The van der Waals surface area contributed by atoms with Crippen molar-refractivity contribution < 1.29 is 23.5 Å². The summed E-state index contributed by atoms with van der Waals surface area (Å²) in [4.78, 5) is 43.5. The maximum Gasteiger partial charge on any atom is 0.246 e. The number of carbonyl (C=O) groups is 3. The Labute approximate surface area is 244 Å². The van der Waals surface area contributed by atoms with E-state index in [0.717, 1.165) is 24.8 Å². The molecule has 216 valence electrons. The van der Waals surface area contributed by atoms with Crippen LogP contribution >= 0.6 is 11.6 Å². The monoisotopic (exact) mass is 579 g/mol. The number of likely N-dealkylation sites (tertiary alicyclic amines) is 1. The van der Waals surface area contributed by atoms with Crippen molar-refractivity contribution in [3.8, 4) is 0 Å². The average Bonchev–Trinajstić information content (AvgIpc) is 3.60. The van der Waals surface area contributed by atoms with Gasteiger partial charge in [-0.05, 0) is 48.4 Å². The SMILES string of the molecule is C[C@H]1[C@H](C)CCC[C@@H]1NC(=O)[C@@H]1N(CCc2ccccc2)C(=O)[C@@H]2[C@@H](C(=O)Nc3ccc(F)c(Cl)c3)[C@@H]3C=C[C@]21O3. The zero-order valence-corrected chi connectivity index (χ0v) is 23.9. The third kappa shape index (κ3) is 4.85. The van der Waals surface area contributed by atoms with E-state index in [2.05, 4.69) is 24.5 Å². The van der Waals surface area contributed by atoms with Gasteiger partial charge in [0.05, 0.1) is 23.0 Å². The maximum absolute atomic E-state index is 14.2. The molecule has 2 bridgehead atoms. The second-order valence-corrected chi connectivity index (χ2v) is 12.4. The number of ether oxygens (including phenoxy) is 1. The minimum absolute atomic E-state index is 0.0117. The van der Waals surface area contributed by atoms with Gasteiger partial charge in [0.25, 0.3) is 0 Å². The van der Waals surface area contributed by atoms with E-state index >= 15 is 0 Å². The summed E-state index contributed by atoms with van der Waals surface area (Å²) in [5, 5.41) is 5.95. The molecule has 6 rings (SSSR count). The van der Waals surface area contributed by atoms with Crippen molar-refractivity contribution in [3.05, 3.63) is 77.1 Å². The molecule has 2 aromatic rings. The Morgan fingerprint density at radius 3 is 2.66 bits per heavy atom. The van der Waals surface area contributed by atoms with Gasteiger partial charge in [-0.1, -0.05) is 80.8 Å². The molecule has 4 aliphatic rings. The molecule has 3 heterocycles. The van der Waals surface area contributed by atoms with Crippen LogP contribution in [-0.4, -0.2) is 53.0 Å². The Balaban J connectivity index is 1.30. The first kappa shape index (κ1) is 27.9. The third-order valence-electron chi connectivity index (χ3n) is 9.63. The highest BCUT2D eigenvalue weighted by Crippen LogP contribution is 2.55. The van der Waals surface area contributed by atoms with Crippen LogP contribution in [0, 0.1) is 29.5 Å². The summed E-state index contributed by atoms with van der Waals surface area (Å²) >= 11 is 5.92. The van der Waals surface area contributed by atoms with Crippen LogP contribution in [0.25, 0.3) is 0 Å². The van der Waals surface area contributed by atoms with E-state index in [1.54, 1.807) is 11.0 Å². The van der Waals surface area contributed by atoms with Gasteiger partial charge in [0.2, 0.25) is 17.7 Å². The zero-order chi connectivity index (χ0) is 28.9. The topological polar surface area (TPSA) is 87.7 Å². The normalized spacial score (nSPS) is 33.6. The maximum atomic E-state index is 14.2. The number of hydrogen-bond donors (Lipinski definition) is 2. The minimum atomic E-state index is -1.24. The zero-order valence-electron chi connectivity index (χ0n) is 23.2. The molecule has 3 fully saturated rings. The first-order valence-corrected chi connectivity index (χ1v) is 14.9. The lowest BCUT2D eigenvalue weighted by Crippen LogP contribution is -2.58. The molecule has 8 atom stereocenters. The number of halogens is 2. The lowest BCUT2D eigenvalue weighted by Gasteiger charge is -2.38.